The summed E-state index contributed by atoms with van der Waals surface area (Å²) in [6.45, 7) is 1.79. The molecule has 0 spiro atoms. The zero-order chi connectivity index (χ0) is 12.8. The Hall–Kier alpha value is -0.820. The molecule has 0 saturated heterocycles. The third kappa shape index (κ3) is 4.16. The maximum atomic E-state index is 11.8. The molecule has 0 amide bonds. The summed E-state index contributed by atoms with van der Waals surface area (Å²) >= 11 is 3.23. The number of aryl methyl sites for hydroxylation is 1. The van der Waals surface area contributed by atoms with E-state index in [0.29, 0.717) is 16.7 Å². The van der Waals surface area contributed by atoms with E-state index in [-0.39, 0.29) is 18.8 Å². The fourth-order valence-corrected chi connectivity index (χ4v) is 1.85. The highest BCUT2D eigenvalue weighted by molar-refractivity contribution is 9.10. The smallest absolute Gasteiger partial charge is 0.261 e. The molecule has 7 heteroatoms. The van der Waals surface area contributed by atoms with Crippen molar-refractivity contribution >= 4 is 21.7 Å². The van der Waals surface area contributed by atoms with Gasteiger partial charge in [0.1, 0.15) is 12.3 Å². The molecule has 0 unspecified atom stereocenters. The van der Waals surface area contributed by atoms with E-state index in [9.17, 15) is 13.6 Å². The number of hydrogen-bond donors (Lipinski definition) is 0. The molecule has 1 aromatic heterocycles. The van der Waals surface area contributed by atoms with Gasteiger partial charge in [0, 0.05) is 13.0 Å². The summed E-state index contributed by atoms with van der Waals surface area (Å²) in [4.78, 5) is 11.8. The Labute approximate surface area is 106 Å². The van der Waals surface area contributed by atoms with Gasteiger partial charge in [0.25, 0.3) is 6.43 Å². The lowest BCUT2D eigenvalue weighted by Crippen LogP contribution is -2.13. The molecule has 1 rings (SSSR count). The first-order chi connectivity index (χ1) is 8.06. The van der Waals surface area contributed by atoms with Crippen LogP contribution in [0, 0.1) is 0 Å². The van der Waals surface area contributed by atoms with Crippen LogP contribution in [0.3, 0.4) is 0 Å². The van der Waals surface area contributed by atoms with E-state index in [1.54, 1.807) is 4.68 Å². The molecule has 0 aromatic carbocycles. The number of carbonyl (C=O) groups is 1. The third-order valence-electron chi connectivity index (χ3n) is 2.08. The number of halogens is 3. The van der Waals surface area contributed by atoms with Gasteiger partial charge in [-0.1, -0.05) is 0 Å². The van der Waals surface area contributed by atoms with Crippen molar-refractivity contribution in [1.29, 1.82) is 0 Å². The number of ether oxygens (including phenoxy) is 1. The highest BCUT2D eigenvalue weighted by Crippen LogP contribution is 2.17. The first-order valence-electron chi connectivity index (χ1n) is 5.16. The molecule has 1 aromatic rings. The van der Waals surface area contributed by atoms with Crippen LogP contribution in [0.5, 0.6) is 0 Å². The van der Waals surface area contributed by atoms with Crippen molar-refractivity contribution in [3.05, 3.63) is 16.4 Å². The lowest BCUT2D eigenvalue weighted by atomic mass is 10.2. The second kappa shape index (κ2) is 6.80. The Morgan fingerprint density at radius 2 is 2.35 bits per heavy atom. The van der Waals surface area contributed by atoms with Gasteiger partial charge in [0.2, 0.25) is 0 Å². The Kier molecular flexibility index (Phi) is 5.70. The molecule has 17 heavy (non-hydrogen) atoms. The van der Waals surface area contributed by atoms with Crippen molar-refractivity contribution in [2.75, 3.05) is 13.2 Å². The Bertz CT molecular complexity index is 382. The predicted octanol–water partition coefficient (Wildman–Crippen LogP) is 2.52. The van der Waals surface area contributed by atoms with E-state index >= 15 is 0 Å². The zero-order valence-corrected chi connectivity index (χ0v) is 10.9. The molecular formula is C10H13BrF2N2O2. The monoisotopic (exact) mass is 310 g/mol. The van der Waals surface area contributed by atoms with E-state index in [4.69, 9.17) is 0 Å². The molecule has 0 aliphatic carbocycles. The van der Waals surface area contributed by atoms with Gasteiger partial charge in [0.15, 0.2) is 5.78 Å². The summed E-state index contributed by atoms with van der Waals surface area (Å²) in [7, 11) is 0. The maximum absolute atomic E-state index is 11.8. The Morgan fingerprint density at radius 3 is 2.94 bits per heavy atom. The highest BCUT2D eigenvalue weighted by atomic mass is 79.9. The van der Waals surface area contributed by atoms with Crippen LogP contribution < -0.4 is 0 Å². The van der Waals surface area contributed by atoms with Gasteiger partial charge >= 0.3 is 0 Å². The van der Waals surface area contributed by atoms with Gasteiger partial charge in [-0.3, -0.25) is 9.48 Å². The van der Waals surface area contributed by atoms with Crippen molar-refractivity contribution in [1.82, 2.24) is 9.78 Å². The summed E-state index contributed by atoms with van der Waals surface area (Å²) < 4.78 is 30.4. The Morgan fingerprint density at radius 1 is 1.65 bits per heavy atom. The molecule has 0 saturated carbocycles. The van der Waals surface area contributed by atoms with Crippen molar-refractivity contribution < 1.29 is 18.3 Å². The second-order valence-electron chi connectivity index (χ2n) is 3.30. The quantitative estimate of drug-likeness (QED) is 0.574. The predicted molar refractivity (Wildman–Crippen MR) is 61.4 cm³/mol. The van der Waals surface area contributed by atoms with E-state index in [1.807, 2.05) is 6.92 Å². The minimum Gasteiger partial charge on any atom is -0.375 e. The molecule has 96 valence electrons. The van der Waals surface area contributed by atoms with Crippen molar-refractivity contribution in [3.8, 4) is 0 Å². The average molecular weight is 311 g/mol. The van der Waals surface area contributed by atoms with Crippen LogP contribution in [-0.4, -0.2) is 35.2 Å². The first kappa shape index (κ1) is 14.2. The van der Waals surface area contributed by atoms with Crippen LogP contribution in [-0.2, 0) is 11.3 Å². The number of nitrogens with zero attached hydrogens (tertiary/aromatic N) is 2. The van der Waals surface area contributed by atoms with Crippen LogP contribution in [0.4, 0.5) is 8.78 Å². The van der Waals surface area contributed by atoms with Crippen molar-refractivity contribution in [2.24, 2.45) is 0 Å². The molecule has 1 heterocycles. The first-order valence-corrected chi connectivity index (χ1v) is 5.96. The number of rotatable bonds is 7. The van der Waals surface area contributed by atoms with Crippen molar-refractivity contribution in [2.45, 2.75) is 26.3 Å². The summed E-state index contributed by atoms with van der Waals surface area (Å²) in [6, 6.07) is 0. The number of ketones is 1. The normalized spacial score (nSPS) is 11.1. The molecule has 0 radical (unpaired) electrons. The molecular weight excluding hydrogens is 298 g/mol. The number of carbonyl (C=O) groups excluding carboxylic acids is 1. The van der Waals surface area contributed by atoms with Crippen molar-refractivity contribution in [3.63, 3.8) is 0 Å². The molecule has 0 fully saturated rings. The fraction of sp³-hybridized carbons (Fsp3) is 0.600. The van der Waals surface area contributed by atoms with Gasteiger partial charge in [-0.05, 0) is 22.9 Å². The van der Waals surface area contributed by atoms with Gasteiger partial charge in [-0.25, -0.2) is 8.78 Å². The number of alkyl halides is 2. The van der Waals surface area contributed by atoms with Crippen LogP contribution in [0.2, 0.25) is 0 Å². The minimum atomic E-state index is -2.50. The van der Waals surface area contributed by atoms with Crippen LogP contribution in [0.15, 0.2) is 10.7 Å². The third-order valence-corrected chi connectivity index (χ3v) is 2.66. The van der Waals surface area contributed by atoms with Crippen LogP contribution in [0.1, 0.15) is 23.8 Å². The summed E-state index contributed by atoms with van der Waals surface area (Å²) in [5.41, 5.74) is 0.452. The van der Waals surface area contributed by atoms with E-state index in [0.717, 1.165) is 0 Å². The largest absolute Gasteiger partial charge is 0.375 e. The maximum Gasteiger partial charge on any atom is 0.261 e. The van der Waals surface area contributed by atoms with Crippen LogP contribution >= 0.6 is 15.9 Å². The Balaban J connectivity index is 2.49. The van der Waals surface area contributed by atoms with Crippen LogP contribution in [0.25, 0.3) is 0 Å². The average Bonchev–Trinajstić information content (AvgIpc) is 2.65. The minimum absolute atomic E-state index is 0.00942. The topological polar surface area (TPSA) is 44.1 Å². The molecule has 0 N–H and O–H groups in total. The number of aromatic nitrogens is 2. The van der Waals surface area contributed by atoms with E-state index < -0.39 is 13.0 Å². The van der Waals surface area contributed by atoms with Gasteiger partial charge in [-0.2, -0.15) is 5.10 Å². The fourth-order valence-electron chi connectivity index (χ4n) is 1.34. The number of hydrogen-bond acceptors (Lipinski definition) is 3. The lowest BCUT2D eigenvalue weighted by molar-refractivity contribution is 0.0169. The summed E-state index contributed by atoms with van der Waals surface area (Å²) in [6.07, 6.45) is -0.897. The van der Waals surface area contributed by atoms with E-state index in [2.05, 4.69) is 25.8 Å². The summed E-state index contributed by atoms with van der Waals surface area (Å²) in [5.74, 6) is -0.175. The van der Waals surface area contributed by atoms with E-state index in [1.165, 1.54) is 6.20 Å². The lowest BCUT2D eigenvalue weighted by Gasteiger charge is -2.05. The standard InChI is InChI=1S/C10H13BrF2N2O2/c1-2-15-10(7(11)5-14-15)8(16)3-4-17-6-9(12)13/h5,9H,2-4,6H2,1H3. The molecule has 0 aliphatic rings. The van der Waals surface area contributed by atoms with Gasteiger partial charge in [-0.15, -0.1) is 0 Å². The zero-order valence-electron chi connectivity index (χ0n) is 9.33. The molecule has 0 bridgehead atoms. The van der Waals surface area contributed by atoms with Gasteiger partial charge < -0.3 is 4.74 Å². The molecule has 0 atom stereocenters. The SMILES string of the molecule is CCn1ncc(Br)c1C(=O)CCOCC(F)F. The summed E-state index contributed by atoms with van der Waals surface area (Å²) in [5, 5.41) is 4.00. The second-order valence-corrected chi connectivity index (χ2v) is 4.15. The highest BCUT2D eigenvalue weighted by Gasteiger charge is 2.16. The molecule has 0 aliphatic heterocycles. The van der Waals surface area contributed by atoms with Gasteiger partial charge in [0.05, 0.1) is 17.3 Å². The molecule has 4 nitrogen and oxygen atoms in total. The number of Topliss-reactive ketones (excluding diaryl/α,β-unsaturated/α-hetero) is 1.